The number of nitrogens with zero attached hydrogens (tertiary/aromatic N) is 6. The number of urea groups is 1. The lowest BCUT2D eigenvalue weighted by Crippen LogP contribution is -2.44. The Labute approximate surface area is 339 Å². The van der Waals surface area contributed by atoms with E-state index in [0.717, 1.165) is 66.3 Å². The molecule has 308 valence electrons. The van der Waals surface area contributed by atoms with E-state index in [0.29, 0.717) is 55.4 Å². The molecule has 2 amide bonds. The zero-order valence-electron chi connectivity index (χ0n) is 34.1. The number of rotatable bonds is 11. The second kappa shape index (κ2) is 16.9. The van der Waals surface area contributed by atoms with Crippen LogP contribution in [0.1, 0.15) is 115 Å². The van der Waals surface area contributed by atoms with Crippen molar-refractivity contribution in [3.8, 4) is 17.2 Å². The summed E-state index contributed by atoms with van der Waals surface area (Å²) >= 11 is 0. The Balaban J connectivity index is 0.962. The van der Waals surface area contributed by atoms with Gasteiger partial charge in [-0.05, 0) is 94.5 Å². The first-order valence-electron chi connectivity index (χ1n) is 20.7. The molecule has 0 radical (unpaired) electrons. The Hall–Kier alpha value is -5.21. The molecule has 2 aliphatic heterocycles. The third-order valence-corrected chi connectivity index (χ3v) is 11.4. The van der Waals surface area contributed by atoms with Gasteiger partial charge >= 0.3 is 6.03 Å². The first-order chi connectivity index (χ1) is 28.0. The van der Waals surface area contributed by atoms with Crippen molar-refractivity contribution in [1.29, 1.82) is 0 Å². The molecule has 8 rings (SSSR count). The molecule has 2 aromatic carbocycles. The van der Waals surface area contributed by atoms with Gasteiger partial charge in [-0.25, -0.2) is 13.9 Å². The Morgan fingerprint density at radius 2 is 1.71 bits per heavy atom. The fourth-order valence-corrected chi connectivity index (χ4v) is 8.39. The van der Waals surface area contributed by atoms with Crippen molar-refractivity contribution in [3.05, 3.63) is 89.5 Å². The third-order valence-electron chi connectivity index (χ3n) is 11.4. The number of carbonyl (C=O) groups is 1. The zero-order chi connectivity index (χ0) is 40.4. The van der Waals surface area contributed by atoms with E-state index in [9.17, 15) is 4.79 Å². The predicted octanol–water partition coefficient (Wildman–Crippen LogP) is 8.82. The van der Waals surface area contributed by atoms with Gasteiger partial charge in [-0.3, -0.25) is 9.72 Å². The molecule has 3 aromatic heterocycles. The highest BCUT2D eigenvalue weighted by atomic mass is 19.1. The molecule has 5 heterocycles. The molecular formula is C44H55FN8O5. The molecule has 0 saturated carbocycles. The van der Waals surface area contributed by atoms with Crippen LogP contribution in [0.5, 0.6) is 11.5 Å². The Morgan fingerprint density at radius 3 is 2.48 bits per heavy atom. The number of halogens is 1. The standard InChI is InChI=1S/C44H55FN8O5/c1-28-11-10-12-29(2)52(28)43-49-48-39-19-16-32(27-51(39)43)58-37-18-17-36(34-13-6-7-14-35(34)37)46-42(54)47-40-26-38(44(3,4)5)50-53(40)31-23-30(45)24-33(25-31)55-21-22-57-41-15-8-9-20-56-41/h6-7,13-14,16,19,23-29,36-37,41H,8-12,15,17-18,20-22H2,1-5H3,(H2,46,47,54)/t28-,29+,36-,37+,41?/m0/s1. The molecule has 2 saturated heterocycles. The number of hydrogen-bond acceptors (Lipinski definition) is 9. The zero-order valence-corrected chi connectivity index (χ0v) is 34.1. The van der Waals surface area contributed by atoms with Gasteiger partial charge < -0.3 is 29.2 Å². The van der Waals surface area contributed by atoms with Crippen molar-refractivity contribution in [2.45, 2.75) is 122 Å². The number of nitrogens with one attached hydrogen (secondary N) is 2. The maximum atomic E-state index is 15.1. The summed E-state index contributed by atoms with van der Waals surface area (Å²) in [6.07, 6.45) is 9.32. The lowest BCUT2D eigenvalue weighted by atomic mass is 9.85. The predicted molar refractivity (Wildman–Crippen MR) is 219 cm³/mol. The van der Waals surface area contributed by atoms with Crippen molar-refractivity contribution in [2.24, 2.45) is 0 Å². The van der Waals surface area contributed by atoms with E-state index < -0.39 is 11.8 Å². The number of aromatic nitrogens is 5. The van der Waals surface area contributed by atoms with Gasteiger partial charge in [-0.1, -0.05) is 45.0 Å². The molecule has 14 heteroatoms. The largest absolute Gasteiger partial charge is 0.491 e. The summed E-state index contributed by atoms with van der Waals surface area (Å²) in [7, 11) is 0. The monoisotopic (exact) mass is 794 g/mol. The fourth-order valence-electron chi connectivity index (χ4n) is 8.39. The van der Waals surface area contributed by atoms with Crippen LogP contribution in [0.25, 0.3) is 11.3 Å². The van der Waals surface area contributed by atoms with Gasteiger partial charge in [0.05, 0.1) is 30.2 Å². The van der Waals surface area contributed by atoms with E-state index in [-0.39, 0.29) is 30.5 Å². The van der Waals surface area contributed by atoms with Crippen LogP contribution >= 0.6 is 0 Å². The lowest BCUT2D eigenvalue weighted by molar-refractivity contribution is -0.165. The normalized spacial score (nSPS) is 22.4. The topological polar surface area (TPSA) is 129 Å². The van der Waals surface area contributed by atoms with Crippen LogP contribution in [0.2, 0.25) is 0 Å². The van der Waals surface area contributed by atoms with Gasteiger partial charge in [-0.2, -0.15) is 5.10 Å². The minimum atomic E-state index is -0.490. The molecule has 5 aromatic rings. The molecule has 58 heavy (non-hydrogen) atoms. The number of pyridine rings is 1. The number of hydrogen-bond donors (Lipinski definition) is 2. The van der Waals surface area contributed by atoms with Crippen molar-refractivity contribution in [3.63, 3.8) is 0 Å². The van der Waals surface area contributed by atoms with Crippen molar-refractivity contribution in [1.82, 2.24) is 29.7 Å². The van der Waals surface area contributed by atoms with Crippen LogP contribution in [0.4, 0.5) is 21.0 Å². The summed E-state index contributed by atoms with van der Waals surface area (Å²) in [6.45, 7) is 11.9. The summed E-state index contributed by atoms with van der Waals surface area (Å²) in [5.74, 6) is 1.81. The summed E-state index contributed by atoms with van der Waals surface area (Å²) < 4.78 is 42.6. The maximum absolute atomic E-state index is 15.1. The van der Waals surface area contributed by atoms with Gasteiger partial charge in [0.1, 0.15) is 35.8 Å². The molecule has 0 spiro atoms. The highest BCUT2D eigenvalue weighted by molar-refractivity contribution is 5.89. The van der Waals surface area contributed by atoms with Gasteiger partial charge in [0.25, 0.3) is 0 Å². The van der Waals surface area contributed by atoms with Crippen molar-refractivity contribution in [2.75, 3.05) is 30.0 Å². The molecule has 2 fully saturated rings. The second-order valence-electron chi connectivity index (χ2n) is 16.8. The van der Waals surface area contributed by atoms with Crippen LogP contribution in [-0.2, 0) is 14.9 Å². The molecule has 3 aliphatic rings. The number of benzene rings is 2. The number of ether oxygens (including phenoxy) is 4. The van der Waals surface area contributed by atoms with E-state index in [1.807, 2.05) is 67.8 Å². The van der Waals surface area contributed by atoms with Crippen LogP contribution in [0.3, 0.4) is 0 Å². The SMILES string of the molecule is C[C@@H]1CCC[C@H](C)N1c1nnc2ccc(O[C@@H]3CC[C@H](NC(=O)Nc4cc(C(C)(C)C)nn4-c4cc(F)cc(OCCOC5CCCCO5)c4)c4ccccc43)cn12. The average Bonchev–Trinajstić information content (AvgIpc) is 3.82. The number of piperidine rings is 1. The first kappa shape index (κ1) is 39.6. The van der Waals surface area contributed by atoms with Gasteiger partial charge in [0, 0.05) is 42.3 Å². The molecule has 0 bridgehead atoms. The number of amides is 2. The number of carbonyl (C=O) groups excluding carboxylic acids is 1. The van der Waals surface area contributed by atoms with Crippen LogP contribution in [-0.4, -0.2) is 68.6 Å². The van der Waals surface area contributed by atoms with Crippen molar-refractivity contribution < 1.29 is 28.1 Å². The van der Waals surface area contributed by atoms with Crippen LogP contribution in [0, 0.1) is 5.82 Å². The molecule has 2 N–H and O–H groups in total. The number of fused-ring (bicyclic) bond motifs is 2. The Morgan fingerprint density at radius 1 is 0.897 bits per heavy atom. The van der Waals surface area contributed by atoms with Gasteiger partial charge in [-0.15, -0.1) is 10.2 Å². The summed E-state index contributed by atoms with van der Waals surface area (Å²) in [5, 5.41) is 20.1. The lowest BCUT2D eigenvalue weighted by Gasteiger charge is -2.39. The molecule has 1 unspecified atom stereocenters. The van der Waals surface area contributed by atoms with E-state index >= 15 is 4.39 Å². The van der Waals surface area contributed by atoms with Crippen LogP contribution in [0.15, 0.2) is 66.9 Å². The highest BCUT2D eigenvalue weighted by Crippen LogP contribution is 2.39. The summed E-state index contributed by atoms with van der Waals surface area (Å²) in [4.78, 5) is 16.2. The summed E-state index contributed by atoms with van der Waals surface area (Å²) in [6, 6.07) is 18.3. The minimum absolute atomic E-state index is 0.213. The third kappa shape index (κ3) is 8.77. The second-order valence-corrected chi connectivity index (χ2v) is 16.8. The average molecular weight is 795 g/mol. The maximum Gasteiger partial charge on any atom is 0.320 e. The van der Waals surface area contributed by atoms with Gasteiger partial charge in [0.15, 0.2) is 11.9 Å². The quantitative estimate of drug-likeness (QED) is 0.126. The first-order valence-corrected chi connectivity index (χ1v) is 20.7. The number of anilines is 2. The van der Waals surface area contributed by atoms with Gasteiger partial charge in [0.2, 0.25) is 5.95 Å². The molecule has 13 nitrogen and oxygen atoms in total. The van der Waals surface area contributed by atoms with E-state index in [1.165, 1.54) is 18.6 Å². The van der Waals surface area contributed by atoms with E-state index in [1.54, 1.807) is 10.7 Å². The molecule has 1 aliphatic carbocycles. The van der Waals surface area contributed by atoms with E-state index in [4.69, 9.17) is 24.0 Å². The smallest absolute Gasteiger partial charge is 0.320 e. The van der Waals surface area contributed by atoms with Crippen molar-refractivity contribution >= 4 is 23.4 Å². The Kier molecular flexibility index (Phi) is 11.6. The van der Waals surface area contributed by atoms with Crippen LogP contribution < -0.4 is 25.0 Å². The molecular weight excluding hydrogens is 740 g/mol. The molecule has 5 atom stereocenters. The fraction of sp³-hybridized carbons (Fsp3) is 0.500. The Bertz CT molecular complexity index is 2200. The minimum Gasteiger partial charge on any atom is -0.491 e. The summed E-state index contributed by atoms with van der Waals surface area (Å²) in [5.41, 5.74) is 3.59. The highest BCUT2D eigenvalue weighted by Gasteiger charge is 2.32. The van der Waals surface area contributed by atoms with E-state index in [2.05, 4.69) is 45.6 Å².